The maximum atomic E-state index is 4.42. The molecular formula is C14H21N3S. The van der Waals surface area contributed by atoms with Gasteiger partial charge in [0.05, 0.1) is 5.69 Å². The first-order chi connectivity index (χ1) is 8.63. The second-order valence-electron chi connectivity index (χ2n) is 4.61. The van der Waals surface area contributed by atoms with Crippen LogP contribution >= 0.6 is 11.3 Å². The van der Waals surface area contributed by atoms with E-state index in [2.05, 4.69) is 42.6 Å². The molecule has 98 valence electrons. The predicted molar refractivity (Wildman–Crippen MR) is 77.1 cm³/mol. The van der Waals surface area contributed by atoms with Gasteiger partial charge in [-0.05, 0) is 32.5 Å². The van der Waals surface area contributed by atoms with Gasteiger partial charge in [-0.2, -0.15) is 5.10 Å². The lowest BCUT2D eigenvalue weighted by molar-refractivity contribution is 0.593. The average Bonchev–Trinajstić information content (AvgIpc) is 2.92. The lowest BCUT2D eigenvalue weighted by Gasteiger charge is -2.14. The molecule has 0 spiro atoms. The molecule has 2 aromatic rings. The van der Waals surface area contributed by atoms with E-state index in [4.69, 9.17) is 0 Å². The van der Waals surface area contributed by atoms with Crippen LogP contribution in [0.3, 0.4) is 0 Å². The van der Waals surface area contributed by atoms with Crippen molar-refractivity contribution in [3.05, 3.63) is 39.3 Å². The molecule has 2 aromatic heterocycles. The maximum absolute atomic E-state index is 4.42. The minimum Gasteiger partial charge on any atom is -0.313 e. The second kappa shape index (κ2) is 5.67. The third-order valence-corrected chi connectivity index (χ3v) is 4.50. The minimum absolute atomic E-state index is 0.349. The maximum Gasteiger partial charge on any atom is 0.0641 e. The van der Waals surface area contributed by atoms with Gasteiger partial charge in [0.1, 0.15) is 0 Å². The molecule has 0 aliphatic carbocycles. The Bertz CT molecular complexity index is 513. The van der Waals surface area contributed by atoms with Gasteiger partial charge in [-0.15, -0.1) is 11.3 Å². The molecule has 0 fully saturated rings. The quantitative estimate of drug-likeness (QED) is 0.899. The molecule has 18 heavy (non-hydrogen) atoms. The fraction of sp³-hybridized carbons (Fsp3) is 0.500. The summed E-state index contributed by atoms with van der Waals surface area (Å²) in [4.78, 5) is 2.90. The van der Waals surface area contributed by atoms with Crippen molar-refractivity contribution in [2.45, 2.75) is 32.7 Å². The van der Waals surface area contributed by atoms with Gasteiger partial charge in [0.25, 0.3) is 0 Å². The highest BCUT2D eigenvalue weighted by Gasteiger charge is 2.16. The third kappa shape index (κ3) is 2.82. The molecule has 1 atom stereocenters. The largest absolute Gasteiger partial charge is 0.313 e. The predicted octanol–water partition coefficient (Wildman–Crippen LogP) is 2.86. The number of nitrogens with one attached hydrogen (secondary N) is 1. The Labute approximate surface area is 113 Å². The molecule has 0 radical (unpaired) electrons. The number of hydrogen-bond acceptors (Lipinski definition) is 3. The normalized spacial score (nSPS) is 12.9. The fourth-order valence-corrected chi connectivity index (χ4v) is 3.25. The van der Waals surface area contributed by atoms with Crippen LogP contribution in [0.5, 0.6) is 0 Å². The zero-order chi connectivity index (χ0) is 13.1. The van der Waals surface area contributed by atoms with E-state index in [-0.39, 0.29) is 0 Å². The van der Waals surface area contributed by atoms with E-state index in [1.165, 1.54) is 15.3 Å². The van der Waals surface area contributed by atoms with E-state index >= 15 is 0 Å². The van der Waals surface area contributed by atoms with Crippen LogP contribution in [0, 0.1) is 6.92 Å². The summed E-state index contributed by atoms with van der Waals surface area (Å²) in [6.45, 7) is 4.28. The van der Waals surface area contributed by atoms with Crippen molar-refractivity contribution in [1.82, 2.24) is 15.1 Å². The Hall–Kier alpha value is -1.13. The number of aryl methyl sites for hydroxylation is 3. The van der Waals surface area contributed by atoms with Gasteiger partial charge in [0.15, 0.2) is 0 Å². The molecule has 0 aliphatic rings. The van der Waals surface area contributed by atoms with E-state index < -0.39 is 0 Å². The Kier molecular flexibility index (Phi) is 4.19. The highest BCUT2D eigenvalue weighted by Crippen LogP contribution is 2.25. The van der Waals surface area contributed by atoms with Gasteiger partial charge in [0, 0.05) is 41.0 Å². The van der Waals surface area contributed by atoms with Crippen LogP contribution in [0.2, 0.25) is 0 Å². The first-order valence-corrected chi connectivity index (χ1v) is 7.20. The van der Waals surface area contributed by atoms with E-state index in [0.29, 0.717) is 6.04 Å². The van der Waals surface area contributed by atoms with Gasteiger partial charge >= 0.3 is 0 Å². The van der Waals surface area contributed by atoms with Crippen molar-refractivity contribution in [1.29, 1.82) is 0 Å². The van der Waals surface area contributed by atoms with Gasteiger partial charge in [-0.25, -0.2) is 0 Å². The minimum atomic E-state index is 0.349. The van der Waals surface area contributed by atoms with Gasteiger partial charge in [-0.1, -0.05) is 6.92 Å². The van der Waals surface area contributed by atoms with Crippen molar-refractivity contribution in [2.24, 2.45) is 7.05 Å². The molecule has 0 aliphatic heterocycles. The summed E-state index contributed by atoms with van der Waals surface area (Å²) in [6, 6.07) is 4.84. The van der Waals surface area contributed by atoms with Crippen molar-refractivity contribution < 1.29 is 0 Å². The zero-order valence-corrected chi connectivity index (χ0v) is 12.3. The number of rotatable bonds is 5. The molecule has 0 amide bonds. The van der Waals surface area contributed by atoms with Crippen LogP contribution in [0.4, 0.5) is 0 Å². The molecule has 2 heterocycles. The number of likely N-dealkylation sites (N-methyl/N-ethyl adjacent to an activating group) is 1. The Balaban J connectivity index is 2.16. The molecule has 4 heteroatoms. The Morgan fingerprint density at radius 3 is 2.61 bits per heavy atom. The summed E-state index contributed by atoms with van der Waals surface area (Å²) in [5.41, 5.74) is 2.41. The van der Waals surface area contributed by atoms with Crippen LogP contribution in [0.15, 0.2) is 18.3 Å². The summed E-state index contributed by atoms with van der Waals surface area (Å²) in [5, 5.41) is 7.82. The van der Waals surface area contributed by atoms with Crippen LogP contribution in [0.1, 0.15) is 34.0 Å². The molecule has 1 N–H and O–H groups in total. The van der Waals surface area contributed by atoms with Crippen LogP contribution in [-0.4, -0.2) is 16.8 Å². The number of nitrogens with zero attached hydrogens (tertiary/aromatic N) is 2. The van der Waals surface area contributed by atoms with Gasteiger partial charge < -0.3 is 5.32 Å². The number of aromatic nitrogens is 2. The molecule has 0 saturated heterocycles. The lowest BCUT2D eigenvalue weighted by Crippen LogP contribution is -2.18. The van der Waals surface area contributed by atoms with Crippen LogP contribution in [-0.2, 0) is 19.9 Å². The molecule has 0 aromatic carbocycles. The van der Waals surface area contributed by atoms with Gasteiger partial charge in [0.2, 0.25) is 0 Å². The number of hydrogen-bond donors (Lipinski definition) is 1. The third-order valence-electron chi connectivity index (χ3n) is 3.25. The van der Waals surface area contributed by atoms with Crippen LogP contribution < -0.4 is 5.32 Å². The molecular weight excluding hydrogens is 242 g/mol. The fourth-order valence-electron chi connectivity index (χ4n) is 2.25. The summed E-state index contributed by atoms with van der Waals surface area (Å²) < 4.78 is 1.89. The second-order valence-corrected chi connectivity index (χ2v) is 5.86. The highest BCUT2D eigenvalue weighted by molar-refractivity contribution is 7.11. The van der Waals surface area contributed by atoms with E-state index in [0.717, 1.165) is 18.5 Å². The summed E-state index contributed by atoms with van der Waals surface area (Å²) in [5.74, 6) is 0. The summed E-state index contributed by atoms with van der Waals surface area (Å²) in [6.07, 6.45) is 4.28. The summed E-state index contributed by atoms with van der Waals surface area (Å²) >= 11 is 1.92. The average molecular weight is 263 g/mol. The molecule has 2 rings (SSSR count). The monoisotopic (exact) mass is 263 g/mol. The van der Waals surface area contributed by atoms with Crippen molar-refractivity contribution >= 4 is 11.3 Å². The van der Waals surface area contributed by atoms with Crippen molar-refractivity contribution in [2.75, 3.05) is 7.05 Å². The summed E-state index contributed by atoms with van der Waals surface area (Å²) in [7, 11) is 4.00. The first-order valence-electron chi connectivity index (χ1n) is 6.39. The molecule has 1 unspecified atom stereocenters. The lowest BCUT2D eigenvalue weighted by atomic mass is 10.0. The van der Waals surface area contributed by atoms with Crippen LogP contribution in [0.25, 0.3) is 0 Å². The SMILES string of the molecule is CCc1ccc(CC(NC)c2cn(C)nc2C)s1. The Morgan fingerprint density at radius 2 is 2.11 bits per heavy atom. The van der Waals surface area contributed by atoms with Crippen molar-refractivity contribution in [3.8, 4) is 0 Å². The van der Waals surface area contributed by atoms with E-state index in [1.54, 1.807) is 0 Å². The van der Waals surface area contributed by atoms with Crippen molar-refractivity contribution in [3.63, 3.8) is 0 Å². The zero-order valence-electron chi connectivity index (χ0n) is 11.5. The van der Waals surface area contributed by atoms with E-state index in [9.17, 15) is 0 Å². The standard InChI is InChI=1S/C14H21N3S/c1-5-11-6-7-12(18-11)8-14(15-3)13-9-17(4)16-10(13)2/h6-7,9,14-15H,5,8H2,1-4H3. The molecule has 0 saturated carbocycles. The van der Waals surface area contributed by atoms with Gasteiger partial charge in [-0.3, -0.25) is 4.68 Å². The van der Waals surface area contributed by atoms with E-state index in [1.807, 2.05) is 30.1 Å². The highest BCUT2D eigenvalue weighted by atomic mass is 32.1. The topological polar surface area (TPSA) is 29.9 Å². The molecule has 0 bridgehead atoms. The smallest absolute Gasteiger partial charge is 0.0641 e. The first kappa shape index (κ1) is 13.3. The number of thiophene rings is 1. The Morgan fingerprint density at radius 1 is 1.39 bits per heavy atom. The molecule has 3 nitrogen and oxygen atoms in total.